The first-order valence-corrected chi connectivity index (χ1v) is 15.9. The van der Waals surface area contributed by atoms with Crippen molar-refractivity contribution in [2.24, 2.45) is 0 Å². The molecule has 25 heavy (non-hydrogen) atoms. The zero-order valence-corrected chi connectivity index (χ0v) is 22.5. The molecule has 143 valence electrons. The van der Waals surface area contributed by atoms with Gasteiger partial charge in [0.15, 0.2) is 0 Å². The molecule has 1 aliphatic rings. The number of nitrogens with one attached hydrogen (secondary N) is 1. The van der Waals surface area contributed by atoms with Gasteiger partial charge in [-0.15, -0.1) is 0 Å². The Bertz CT molecular complexity index is 571. The molecule has 0 atom stereocenters. The van der Waals surface area contributed by atoms with Crippen LogP contribution in [0.5, 0.6) is 0 Å². The van der Waals surface area contributed by atoms with Crippen molar-refractivity contribution in [2.75, 3.05) is 0 Å². The summed E-state index contributed by atoms with van der Waals surface area (Å²) in [6.07, 6.45) is 2.29. The first-order valence-electron chi connectivity index (χ1n) is 8.55. The maximum Gasteiger partial charge on any atom is -1.00 e. The van der Waals surface area contributed by atoms with Crippen LogP contribution in [0.15, 0.2) is 32.2 Å². The van der Waals surface area contributed by atoms with Crippen LogP contribution in [-0.4, -0.2) is 21.9 Å². The molecule has 1 aliphatic carbocycles. The minimum atomic E-state index is -1.64. The second-order valence-corrected chi connectivity index (χ2v) is 19.6. The number of hydrogen-bond acceptors (Lipinski definition) is 2. The summed E-state index contributed by atoms with van der Waals surface area (Å²) < 4.78 is 7.76. The summed E-state index contributed by atoms with van der Waals surface area (Å²) in [5, 5.41) is 5.27. The molecule has 0 saturated carbocycles. The molecule has 0 aromatic rings. The molecule has 0 radical (unpaired) electrons. The van der Waals surface area contributed by atoms with Crippen molar-refractivity contribution in [1.82, 2.24) is 5.32 Å². The monoisotopic (exact) mass is 454 g/mol. The standard InChI is InChI=1S/C18H34NOSi2.2ClH.Ti/c1-11-22(9,10)14(2)15-12-16(19-18(3,4)5)17(13-15)20-21(6,7)8;;;/h13,19H,11H2,1-10H3;2*1H;/q;;;+2/p-2. The Morgan fingerprint density at radius 3 is 1.96 bits per heavy atom. The van der Waals surface area contributed by atoms with Crippen LogP contribution in [0.4, 0.5) is 0 Å². The second kappa shape index (κ2) is 9.65. The van der Waals surface area contributed by atoms with E-state index in [0.717, 1.165) is 5.76 Å². The van der Waals surface area contributed by atoms with Crippen LogP contribution in [0, 0.1) is 0 Å². The topological polar surface area (TPSA) is 21.3 Å². The molecule has 1 rings (SSSR count). The molecule has 7 heteroatoms. The van der Waals surface area contributed by atoms with E-state index in [2.05, 4.69) is 99.2 Å². The fourth-order valence-electron chi connectivity index (χ4n) is 2.37. The summed E-state index contributed by atoms with van der Waals surface area (Å²) in [6.45, 7) is 22.9. The number of hydrogen-bond donors (Lipinski definition) is 1. The van der Waals surface area contributed by atoms with Gasteiger partial charge in [-0.1, -0.05) is 0 Å². The Morgan fingerprint density at radius 2 is 1.60 bits per heavy atom. The maximum absolute atomic E-state index is 6.42. The van der Waals surface area contributed by atoms with E-state index < -0.39 is 16.4 Å². The van der Waals surface area contributed by atoms with Crippen molar-refractivity contribution in [1.29, 1.82) is 0 Å². The van der Waals surface area contributed by atoms with E-state index in [9.17, 15) is 0 Å². The summed E-state index contributed by atoms with van der Waals surface area (Å²) in [6, 6.07) is 1.27. The second-order valence-electron chi connectivity index (χ2n) is 9.12. The molecule has 0 bridgehead atoms. The minimum absolute atomic E-state index is 0. The molecule has 0 fully saturated rings. The van der Waals surface area contributed by atoms with Gasteiger partial charge in [0.25, 0.3) is 0 Å². The van der Waals surface area contributed by atoms with Crippen molar-refractivity contribution in [3.05, 3.63) is 32.2 Å². The van der Waals surface area contributed by atoms with E-state index in [4.69, 9.17) is 4.43 Å². The smallest absolute Gasteiger partial charge is 1.00 e. The maximum atomic E-state index is 6.42. The number of halogens is 2. The van der Waals surface area contributed by atoms with Crippen LogP contribution >= 0.6 is 0 Å². The Morgan fingerprint density at radius 1 is 1.12 bits per heavy atom. The molecule has 0 saturated heterocycles. The quantitative estimate of drug-likeness (QED) is 0.564. The van der Waals surface area contributed by atoms with Gasteiger partial charge in [-0.25, -0.2) is 0 Å². The van der Waals surface area contributed by atoms with E-state index in [0.29, 0.717) is 0 Å². The average Bonchev–Trinajstić information content (AvgIpc) is 2.63. The zero-order chi connectivity index (χ0) is 18.2. The van der Waals surface area contributed by atoms with Gasteiger partial charge in [0.1, 0.15) is 0 Å². The van der Waals surface area contributed by atoms with E-state index >= 15 is 0 Å². The summed E-state index contributed by atoms with van der Waals surface area (Å²) in [4.78, 5) is 0. The number of rotatable bonds is 5. The van der Waals surface area contributed by atoms with Gasteiger partial charge in [-0.2, -0.15) is 0 Å². The van der Waals surface area contributed by atoms with E-state index in [-0.39, 0.29) is 30.4 Å². The van der Waals surface area contributed by atoms with E-state index in [1.54, 1.807) is 5.20 Å². The largest absolute Gasteiger partial charge is 1.00 e. The molecule has 0 amide bonds. The first kappa shape index (κ1) is 27.8. The Balaban J connectivity index is 0. The predicted octanol–water partition coefficient (Wildman–Crippen LogP) is -0.526. The molecule has 0 aromatic heterocycles. The minimum Gasteiger partial charge on any atom is -1.00 e. The molecule has 1 N–H and O–H groups in total. The Kier molecular flexibility index (Phi) is 10.7. The fraction of sp³-hybridized carbons (Fsp3) is 0.667. The molecule has 0 unspecified atom stereocenters. The van der Waals surface area contributed by atoms with Gasteiger partial charge < -0.3 is 24.8 Å². The average molecular weight is 455 g/mol. The third kappa shape index (κ3) is 7.98. The van der Waals surface area contributed by atoms with Crippen LogP contribution in [0.1, 0.15) is 34.6 Å². The van der Waals surface area contributed by atoms with Gasteiger partial charge in [0, 0.05) is 0 Å². The number of allylic oxidation sites excluding steroid dienone is 4. The normalized spacial score (nSPS) is 17.5. The van der Waals surface area contributed by atoms with Crippen molar-refractivity contribution < 1.29 is 49.7 Å². The van der Waals surface area contributed by atoms with E-state index in [1.165, 1.54) is 21.2 Å². The molecule has 0 spiro atoms. The van der Waals surface area contributed by atoms with Crippen molar-refractivity contribution in [3.63, 3.8) is 0 Å². The molecule has 0 aromatic carbocycles. The third-order valence-corrected chi connectivity index (χ3v) is 9.97. The van der Waals surface area contributed by atoms with Gasteiger partial charge >= 0.3 is 158 Å². The molecular formula is C18H34Cl2NOSi2Ti. The van der Waals surface area contributed by atoms with Gasteiger partial charge in [0.2, 0.25) is 0 Å². The van der Waals surface area contributed by atoms with Crippen LogP contribution in [0.25, 0.3) is 0 Å². The van der Waals surface area contributed by atoms with Crippen LogP contribution in [-0.2, 0) is 24.9 Å². The fourth-order valence-corrected chi connectivity index (χ4v) is 5.54. The van der Waals surface area contributed by atoms with Crippen molar-refractivity contribution in [2.45, 2.75) is 78.9 Å². The van der Waals surface area contributed by atoms with Crippen molar-refractivity contribution >= 4 is 16.4 Å². The summed E-state index contributed by atoms with van der Waals surface area (Å²) in [7, 11) is -2.98. The molecular weight excluding hydrogens is 421 g/mol. The Hall–Kier alpha value is 0.548. The van der Waals surface area contributed by atoms with Gasteiger partial charge in [-0.3, -0.25) is 0 Å². The molecule has 2 nitrogen and oxygen atoms in total. The molecule has 0 heterocycles. The summed E-state index contributed by atoms with van der Waals surface area (Å²) >= 11 is 2.24. The van der Waals surface area contributed by atoms with Crippen LogP contribution in [0.2, 0.25) is 38.8 Å². The molecule has 0 aliphatic heterocycles. The Labute approximate surface area is 181 Å². The SMILES string of the molecule is CC[Si](C)(C)C(C)=C1C=C(O[Si](C)(C)C)C(NC(C)(C)C)=[C]1[Ti+2].[Cl-].[Cl-]. The summed E-state index contributed by atoms with van der Waals surface area (Å²) in [5.41, 5.74) is 2.62. The van der Waals surface area contributed by atoms with Gasteiger partial charge in [0.05, 0.1) is 0 Å². The van der Waals surface area contributed by atoms with Crippen LogP contribution in [0.3, 0.4) is 0 Å². The first-order chi connectivity index (χ1) is 10.2. The van der Waals surface area contributed by atoms with E-state index in [1.807, 2.05) is 0 Å². The van der Waals surface area contributed by atoms with Crippen LogP contribution < -0.4 is 30.1 Å². The third-order valence-electron chi connectivity index (χ3n) is 4.26. The summed E-state index contributed by atoms with van der Waals surface area (Å²) in [5.74, 6) is 1.05. The predicted molar refractivity (Wildman–Crippen MR) is 103 cm³/mol. The zero-order valence-electron chi connectivity index (χ0n) is 17.4. The van der Waals surface area contributed by atoms with Crippen molar-refractivity contribution in [3.8, 4) is 0 Å². The van der Waals surface area contributed by atoms with Gasteiger partial charge in [-0.05, 0) is 0 Å².